The summed E-state index contributed by atoms with van der Waals surface area (Å²) >= 11 is 0. The van der Waals surface area contributed by atoms with Gasteiger partial charge in [-0.25, -0.2) is 0 Å². The van der Waals surface area contributed by atoms with Crippen LogP contribution in [0, 0.1) is 0 Å². The molecule has 14 aromatic rings. The van der Waals surface area contributed by atoms with Gasteiger partial charge in [-0.1, -0.05) is 231 Å². The monoisotopic (exact) mass is 1040 g/mol. The van der Waals surface area contributed by atoms with E-state index < -0.39 is 0 Å². The number of anilines is 6. The van der Waals surface area contributed by atoms with Gasteiger partial charge in [0, 0.05) is 91.7 Å². The van der Waals surface area contributed by atoms with E-state index in [4.69, 9.17) is 0 Å². The number of hydrogen-bond acceptors (Lipinski definition) is 4. The van der Waals surface area contributed by atoms with Crippen LogP contribution in [0.1, 0.15) is 0 Å². The quantitative estimate of drug-likeness (QED) is 0.135. The predicted octanol–water partition coefficient (Wildman–Crippen LogP) is 17.7. The number of aromatic nitrogens is 3. The smallest absolute Gasteiger partial charge is 0.252 e. The summed E-state index contributed by atoms with van der Waals surface area (Å²) in [6, 6.07) is 103. The maximum Gasteiger partial charge on any atom is 0.252 e. The van der Waals surface area contributed by atoms with E-state index in [1.54, 1.807) is 0 Å². The van der Waals surface area contributed by atoms with Gasteiger partial charge in [0.1, 0.15) is 0 Å². The number of benzene rings is 11. The average molecular weight is 1040 g/mol. The molecule has 0 aliphatic carbocycles. The largest absolute Gasteiger partial charge is 0.310 e. The van der Waals surface area contributed by atoms with Crippen molar-refractivity contribution in [2.45, 2.75) is 0 Å². The summed E-state index contributed by atoms with van der Waals surface area (Å²) < 4.78 is 2.50. The van der Waals surface area contributed by atoms with Crippen LogP contribution in [0.25, 0.3) is 94.3 Å². The molecule has 0 bridgehead atoms. The van der Waals surface area contributed by atoms with Crippen LogP contribution >= 0.6 is 0 Å². The molecule has 382 valence electrons. The van der Waals surface area contributed by atoms with Crippen molar-refractivity contribution < 1.29 is 0 Å². The second kappa shape index (κ2) is 19.5. The fraction of sp³-hybridized carbons (Fsp3) is 0. The lowest BCUT2D eigenvalue weighted by atomic mass is 9.33. The normalized spacial score (nSPS) is 12.3. The maximum atomic E-state index is 4.67. The summed E-state index contributed by atoms with van der Waals surface area (Å²) in [7, 11) is 0. The van der Waals surface area contributed by atoms with Crippen LogP contribution in [0.4, 0.5) is 34.1 Å². The lowest BCUT2D eigenvalue weighted by Gasteiger charge is -2.46. The van der Waals surface area contributed by atoms with Crippen molar-refractivity contribution in [1.82, 2.24) is 14.5 Å². The highest BCUT2D eigenvalue weighted by Crippen LogP contribution is 2.54. The van der Waals surface area contributed by atoms with Crippen molar-refractivity contribution >= 4 is 79.0 Å². The minimum atomic E-state index is -0.200. The lowest BCUT2D eigenvalue weighted by Crippen LogP contribution is -2.61. The molecule has 0 fully saturated rings. The first kappa shape index (κ1) is 47.2. The van der Waals surface area contributed by atoms with E-state index in [9.17, 15) is 0 Å². The van der Waals surface area contributed by atoms with E-state index in [1.807, 2.05) is 36.9 Å². The first-order valence-corrected chi connectivity index (χ1v) is 28.1. The second-order valence-electron chi connectivity index (χ2n) is 21.3. The molecule has 3 aromatic heterocycles. The van der Waals surface area contributed by atoms with Gasteiger partial charge in [0.05, 0.1) is 28.1 Å². The Labute approximate surface area is 477 Å². The number of rotatable bonds is 9. The Hall–Kier alpha value is -10.8. The molecule has 2 aliphatic heterocycles. The molecule has 5 nitrogen and oxygen atoms in total. The third-order valence-corrected chi connectivity index (χ3v) is 16.7. The van der Waals surface area contributed by atoms with Gasteiger partial charge in [-0.3, -0.25) is 9.97 Å². The van der Waals surface area contributed by atoms with Crippen LogP contribution < -0.4 is 26.2 Å². The first-order valence-electron chi connectivity index (χ1n) is 28.1. The van der Waals surface area contributed by atoms with Gasteiger partial charge in [0.2, 0.25) is 0 Å². The van der Waals surface area contributed by atoms with Gasteiger partial charge in [0.15, 0.2) is 0 Å². The number of hydrogen-bond donors (Lipinski definition) is 0. The van der Waals surface area contributed by atoms with Crippen LogP contribution in [-0.4, -0.2) is 21.2 Å². The third-order valence-electron chi connectivity index (χ3n) is 16.7. The summed E-state index contributed by atoms with van der Waals surface area (Å²) in [6.07, 6.45) is 7.68. The standard InChI is InChI=1S/C76H50BN5/c1-5-21-51(22-6-1)60-33-17-34-61(52-23-7-2-8-24-52)75(60)81-70-45-55(57-29-19-43-78-49-57)39-41-66(70)77-67-42-40-56(58-30-20-44-79-50-58)46-71(67)82(76-62(53-25-9-3-10-26-53)35-18-36-63(76)54-27-11-4-12-28-54)73-48-59(47-72(81)74(73)77)80-68-37-15-13-31-64(68)65-32-14-16-38-69(65)80/h1-50H. The van der Waals surface area contributed by atoms with E-state index in [0.717, 1.165) is 118 Å². The zero-order valence-corrected chi connectivity index (χ0v) is 44.7. The summed E-state index contributed by atoms with van der Waals surface area (Å²) in [6.45, 7) is -0.200. The van der Waals surface area contributed by atoms with E-state index >= 15 is 0 Å². The van der Waals surface area contributed by atoms with E-state index in [-0.39, 0.29) is 6.71 Å². The fourth-order valence-electron chi connectivity index (χ4n) is 13.2. The zero-order chi connectivity index (χ0) is 54.1. The van der Waals surface area contributed by atoms with Gasteiger partial charge in [-0.05, 0) is 98.3 Å². The molecule has 0 spiro atoms. The molecular weight excluding hydrogens is 994 g/mol. The fourth-order valence-corrected chi connectivity index (χ4v) is 13.2. The highest BCUT2D eigenvalue weighted by atomic mass is 15.2. The van der Waals surface area contributed by atoms with Crippen molar-refractivity contribution in [3.05, 3.63) is 304 Å². The van der Waals surface area contributed by atoms with Crippen LogP contribution in [0.15, 0.2) is 304 Å². The Morgan fingerprint density at radius 2 is 0.646 bits per heavy atom. The minimum absolute atomic E-state index is 0.200. The summed E-state index contributed by atoms with van der Waals surface area (Å²) in [4.78, 5) is 14.6. The van der Waals surface area contributed by atoms with Gasteiger partial charge in [-0.15, -0.1) is 0 Å². The zero-order valence-electron chi connectivity index (χ0n) is 44.7. The van der Waals surface area contributed by atoms with Crippen LogP contribution in [-0.2, 0) is 0 Å². The Kier molecular flexibility index (Phi) is 11.2. The Morgan fingerprint density at radius 1 is 0.280 bits per heavy atom. The molecule has 16 rings (SSSR count). The highest BCUT2D eigenvalue weighted by Gasteiger charge is 2.46. The van der Waals surface area contributed by atoms with Gasteiger partial charge < -0.3 is 14.4 Å². The molecule has 2 aliphatic rings. The summed E-state index contributed by atoms with van der Waals surface area (Å²) in [5.41, 5.74) is 26.9. The molecule has 6 heteroatoms. The molecule has 5 heterocycles. The van der Waals surface area contributed by atoms with Crippen molar-refractivity contribution in [2.75, 3.05) is 9.80 Å². The number of nitrogens with zero attached hydrogens (tertiary/aromatic N) is 5. The Bertz CT molecular complexity index is 4330. The van der Waals surface area contributed by atoms with Gasteiger partial charge in [-0.2, -0.15) is 0 Å². The molecule has 0 radical (unpaired) electrons. The first-order chi connectivity index (χ1) is 40.7. The van der Waals surface area contributed by atoms with Crippen molar-refractivity contribution in [2.24, 2.45) is 0 Å². The van der Waals surface area contributed by atoms with E-state index in [1.165, 1.54) is 27.2 Å². The molecule has 82 heavy (non-hydrogen) atoms. The minimum Gasteiger partial charge on any atom is -0.310 e. The Morgan fingerprint density at radius 3 is 1.02 bits per heavy atom. The Balaban J connectivity index is 1.11. The maximum absolute atomic E-state index is 4.67. The number of para-hydroxylation sites is 4. The van der Waals surface area contributed by atoms with Crippen molar-refractivity contribution in [1.29, 1.82) is 0 Å². The number of pyridine rings is 2. The highest BCUT2D eigenvalue weighted by molar-refractivity contribution is 7.00. The van der Waals surface area contributed by atoms with E-state index in [2.05, 4.69) is 291 Å². The molecule has 0 atom stereocenters. The third kappa shape index (κ3) is 7.64. The summed E-state index contributed by atoms with van der Waals surface area (Å²) in [5.74, 6) is 0. The summed E-state index contributed by atoms with van der Waals surface area (Å²) in [5, 5.41) is 2.41. The van der Waals surface area contributed by atoms with Gasteiger partial charge >= 0.3 is 0 Å². The predicted molar refractivity (Wildman–Crippen MR) is 343 cm³/mol. The molecular formula is C76H50BN5. The van der Waals surface area contributed by atoms with E-state index in [0.29, 0.717) is 0 Å². The van der Waals surface area contributed by atoms with Crippen LogP contribution in [0.5, 0.6) is 0 Å². The average Bonchev–Trinajstić information content (AvgIpc) is 2.22. The molecule has 0 saturated heterocycles. The van der Waals surface area contributed by atoms with Crippen molar-refractivity contribution in [3.8, 4) is 72.4 Å². The molecule has 0 unspecified atom stereocenters. The topological polar surface area (TPSA) is 37.2 Å². The van der Waals surface area contributed by atoms with Crippen LogP contribution in [0.2, 0.25) is 0 Å². The van der Waals surface area contributed by atoms with Crippen molar-refractivity contribution in [3.63, 3.8) is 0 Å². The second-order valence-corrected chi connectivity index (χ2v) is 21.3. The molecule has 0 N–H and O–H groups in total. The van der Waals surface area contributed by atoms with Crippen LogP contribution in [0.3, 0.4) is 0 Å². The molecule has 0 saturated carbocycles. The molecule has 11 aromatic carbocycles. The lowest BCUT2D eigenvalue weighted by molar-refractivity contribution is 1.16. The SMILES string of the molecule is c1ccc(-c2cccc(-c3ccccc3)c2N2c3cc(-c4cccnc4)ccc3B3c4ccc(-c5cccnc5)cc4N(c4c(-c5ccccc5)cccc4-c4ccccc4)c4cc(-n5c6ccccc6c6ccccc65)cc2c43)cc1. The number of fused-ring (bicyclic) bond motifs is 7. The van der Waals surface area contributed by atoms with Gasteiger partial charge in [0.25, 0.3) is 6.71 Å². The molecule has 0 amide bonds.